The maximum Gasteiger partial charge on any atom is 0.144 e. The minimum absolute atomic E-state index is 0.0127. The molecule has 5 fully saturated rings. The van der Waals surface area contributed by atoms with Crippen molar-refractivity contribution in [2.75, 3.05) is 4.90 Å². The summed E-state index contributed by atoms with van der Waals surface area (Å²) in [5.41, 5.74) is 14.2. The predicted octanol–water partition coefficient (Wildman–Crippen LogP) is 12.4. The van der Waals surface area contributed by atoms with Gasteiger partial charge in [-0.05, 0) is 144 Å². The molecule has 58 heavy (non-hydrogen) atoms. The van der Waals surface area contributed by atoms with Gasteiger partial charge in [0.25, 0.3) is 0 Å². The van der Waals surface area contributed by atoms with Gasteiger partial charge in [-0.15, -0.1) is 0 Å². The first-order valence-electron chi connectivity index (χ1n) is 22.6. The topological polar surface area (TPSA) is 24.9 Å². The Morgan fingerprint density at radius 3 is 2.14 bits per heavy atom. The number of benzene rings is 5. The average Bonchev–Trinajstić information content (AvgIpc) is 3.81. The lowest BCUT2D eigenvalue weighted by molar-refractivity contribution is -0.177. The molecule has 2 saturated heterocycles. The number of hydrogen-bond acceptors (Lipinski definition) is 4. The molecule has 5 aromatic rings. The van der Waals surface area contributed by atoms with Crippen molar-refractivity contribution in [3.05, 3.63) is 145 Å². The Bertz CT molecular complexity index is 2470. The first-order valence-corrected chi connectivity index (χ1v) is 22.6. The molecule has 4 aliphatic heterocycles. The highest BCUT2D eigenvalue weighted by Gasteiger charge is 2.60. The van der Waals surface area contributed by atoms with Crippen LogP contribution in [0.25, 0.3) is 39.0 Å². The van der Waals surface area contributed by atoms with Crippen LogP contribution in [0, 0.1) is 11.8 Å². The summed E-state index contributed by atoms with van der Waals surface area (Å²) >= 11 is 0. The highest BCUT2D eigenvalue weighted by Crippen LogP contribution is 2.57. The van der Waals surface area contributed by atoms with Gasteiger partial charge in [0.1, 0.15) is 17.9 Å². The lowest BCUT2D eigenvalue weighted by atomic mass is 9.68. The third kappa shape index (κ3) is 5.20. The van der Waals surface area contributed by atoms with Gasteiger partial charge in [0, 0.05) is 29.4 Å². The fourth-order valence-corrected chi connectivity index (χ4v) is 13.5. The SMILES string of the molecule is C1=CC2Oc3ccccc3N3c4ccc(-c5ccc(-c6cccc(-c7ccc(C8CCC9C(C8)C8CCCC%10OC%11CCCCC%11N9C%108)cc7)c6)cc5)cc4C(=C1)C23. The second-order valence-electron chi connectivity index (χ2n) is 18.7. The molecule has 0 aromatic heterocycles. The number of nitrogens with zero attached hydrogens (tertiary/aromatic N) is 2. The molecule has 4 heteroatoms. The summed E-state index contributed by atoms with van der Waals surface area (Å²) in [5, 5.41) is 0. The van der Waals surface area contributed by atoms with Crippen molar-refractivity contribution in [3.8, 4) is 39.1 Å². The maximum absolute atomic E-state index is 6.91. The largest absolute Gasteiger partial charge is 0.482 e. The molecule has 3 saturated carbocycles. The van der Waals surface area contributed by atoms with Gasteiger partial charge in [0.2, 0.25) is 0 Å². The number of allylic oxidation sites excluding steroid dienone is 2. The van der Waals surface area contributed by atoms with Crippen LogP contribution in [0.3, 0.4) is 0 Å². The summed E-state index contributed by atoms with van der Waals surface area (Å²) in [4.78, 5) is 5.58. The average molecular weight is 761 g/mol. The van der Waals surface area contributed by atoms with Crippen LogP contribution in [0.2, 0.25) is 0 Å². The van der Waals surface area contributed by atoms with E-state index in [0.29, 0.717) is 30.2 Å². The van der Waals surface area contributed by atoms with Gasteiger partial charge in [-0.2, -0.15) is 0 Å². The van der Waals surface area contributed by atoms with E-state index in [1.165, 1.54) is 114 Å². The van der Waals surface area contributed by atoms with Crippen LogP contribution in [0.5, 0.6) is 5.75 Å². The van der Waals surface area contributed by atoms with E-state index < -0.39 is 0 Å². The maximum atomic E-state index is 6.91. The minimum atomic E-state index is 0.0127. The number of fused-ring (bicyclic) bond motifs is 10. The third-order valence-corrected chi connectivity index (χ3v) is 16.0. The number of ether oxygens (including phenoxy) is 2. The molecule has 10 atom stereocenters. The second kappa shape index (κ2) is 13.3. The predicted molar refractivity (Wildman–Crippen MR) is 234 cm³/mol. The molecule has 0 radical (unpaired) electrons. The van der Waals surface area contributed by atoms with Crippen molar-refractivity contribution in [1.82, 2.24) is 4.90 Å². The molecule has 0 bridgehead atoms. The van der Waals surface area contributed by atoms with E-state index in [-0.39, 0.29) is 12.1 Å². The molecule has 0 spiro atoms. The molecule has 4 nitrogen and oxygen atoms in total. The van der Waals surface area contributed by atoms with E-state index in [1.54, 1.807) is 5.56 Å². The number of anilines is 2. The molecule has 4 aliphatic carbocycles. The summed E-state index contributed by atoms with van der Waals surface area (Å²) in [6.45, 7) is 0. The molecule has 13 rings (SSSR count). The van der Waals surface area contributed by atoms with E-state index in [4.69, 9.17) is 9.47 Å². The Hall–Kier alpha value is -4.90. The summed E-state index contributed by atoms with van der Waals surface area (Å²) in [7, 11) is 0. The molecule has 8 aliphatic rings. The molecule has 4 heterocycles. The Labute approximate surface area is 343 Å². The molecule has 290 valence electrons. The van der Waals surface area contributed by atoms with Crippen LogP contribution < -0.4 is 9.64 Å². The fourth-order valence-electron chi connectivity index (χ4n) is 13.5. The number of hydrogen-bond donors (Lipinski definition) is 0. The first kappa shape index (κ1) is 34.0. The zero-order chi connectivity index (χ0) is 37.9. The standard InChI is InChI=1S/C54H52N2O2/c1-3-14-49-47(12-1)55-45-28-26-39(31-43(45)41-10-6-16-51(57-49)53(41)55)35-22-18-33(19-23-35)37-8-5-9-38(30-37)34-20-24-36(25-21-34)40-27-29-46-44(32-40)42-11-7-17-52-54(42)56(46)48-13-2-4-15-50(48)58-52/h1,3,5-6,8-10,12,14,16,18-26,28,30-31,40,42,44,46,48,50-54H,2,4,7,11,13,15,17,27,29,32H2. The van der Waals surface area contributed by atoms with Crippen molar-refractivity contribution in [2.45, 2.75) is 113 Å². The van der Waals surface area contributed by atoms with Gasteiger partial charge in [0.05, 0.1) is 17.9 Å². The van der Waals surface area contributed by atoms with Crippen molar-refractivity contribution in [3.63, 3.8) is 0 Å². The van der Waals surface area contributed by atoms with Gasteiger partial charge in [0.15, 0.2) is 0 Å². The Morgan fingerprint density at radius 1 is 0.552 bits per heavy atom. The van der Waals surface area contributed by atoms with Crippen LogP contribution in [-0.2, 0) is 4.74 Å². The van der Waals surface area contributed by atoms with Crippen molar-refractivity contribution >= 4 is 16.9 Å². The van der Waals surface area contributed by atoms with Crippen LogP contribution in [0.4, 0.5) is 11.4 Å². The lowest BCUT2D eigenvalue weighted by Crippen LogP contribution is -2.63. The highest BCUT2D eigenvalue weighted by molar-refractivity contribution is 5.97. The van der Waals surface area contributed by atoms with E-state index in [2.05, 4.69) is 143 Å². The monoisotopic (exact) mass is 760 g/mol. The number of para-hydroxylation sites is 2. The molecular weight excluding hydrogens is 709 g/mol. The zero-order valence-electron chi connectivity index (χ0n) is 33.3. The van der Waals surface area contributed by atoms with E-state index >= 15 is 0 Å². The van der Waals surface area contributed by atoms with E-state index in [9.17, 15) is 0 Å². The summed E-state index contributed by atoms with van der Waals surface area (Å²) in [5.74, 6) is 3.31. The van der Waals surface area contributed by atoms with Crippen LogP contribution in [-0.4, -0.2) is 47.4 Å². The Morgan fingerprint density at radius 2 is 1.29 bits per heavy atom. The number of rotatable bonds is 4. The van der Waals surface area contributed by atoms with Gasteiger partial charge in [-0.25, -0.2) is 0 Å². The van der Waals surface area contributed by atoms with Gasteiger partial charge < -0.3 is 14.4 Å². The Kier molecular flexibility index (Phi) is 7.80. The number of morpholine rings is 1. The molecular formula is C54H52N2O2. The molecule has 10 unspecified atom stereocenters. The quantitative estimate of drug-likeness (QED) is 0.182. The summed E-state index contributed by atoms with van der Waals surface area (Å²) in [6.07, 6.45) is 21.2. The lowest BCUT2D eigenvalue weighted by Gasteiger charge is -2.53. The Balaban J connectivity index is 0.726. The summed E-state index contributed by atoms with van der Waals surface area (Å²) in [6, 6.07) is 45.7. The highest BCUT2D eigenvalue weighted by atomic mass is 16.5. The van der Waals surface area contributed by atoms with Crippen LogP contribution in [0.1, 0.15) is 81.3 Å². The molecule has 5 aromatic carbocycles. The summed E-state index contributed by atoms with van der Waals surface area (Å²) < 4.78 is 13.4. The van der Waals surface area contributed by atoms with E-state index in [1.807, 2.05) is 0 Å². The van der Waals surface area contributed by atoms with Gasteiger partial charge >= 0.3 is 0 Å². The third-order valence-electron chi connectivity index (χ3n) is 16.0. The van der Waals surface area contributed by atoms with Gasteiger partial charge in [-0.3, -0.25) is 4.90 Å². The normalized spacial score (nSPS) is 32.5. The van der Waals surface area contributed by atoms with Crippen LogP contribution >= 0.6 is 0 Å². The van der Waals surface area contributed by atoms with Gasteiger partial charge in [-0.1, -0.05) is 116 Å². The molecule has 0 amide bonds. The molecule has 0 N–H and O–H groups in total. The van der Waals surface area contributed by atoms with Crippen molar-refractivity contribution in [1.29, 1.82) is 0 Å². The van der Waals surface area contributed by atoms with E-state index in [0.717, 1.165) is 29.3 Å². The first-order chi connectivity index (χ1) is 28.7. The van der Waals surface area contributed by atoms with Crippen molar-refractivity contribution in [2.24, 2.45) is 11.8 Å². The fraction of sp³-hybridized carbons (Fsp3) is 0.370. The second-order valence-corrected chi connectivity index (χ2v) is 18.7. The van der Waals surface area contributed by atoms with Crippen LogP contribution in [0.15, 0.2) is 133 Å². The smallest absolute Gasteiger partial charge is 0.144 e. The van der Waals surface area contributed by atoms with Crippen molar-refractivity contribution < 1.29 is 9.47 Å². The minimum Gasteiger partial charge on any atom is -0.482 e. The zero-order valence-corrected chi connectivity index (χ0v) is 33.3.